The van der Waals surface area contributed by atoms with E-state index in [1.54, 1.807) is 13.8 Å². The van der Waals surface area contributed by atoms with Gasteiger partial charge in [0.05, 0.1) is 0 Å². The van der Waals surface area contributed by atoms with Crippen molar-refractivity contribution in [1.29, 1.82) is 0 Å². The largest absolute Gasteiger partial charge is 0.435 e. The first-order valence-electron chi connectivity index (χ1n) is 6.47. The summed E-state index contributed by atoms with van der Waals surface area (Å²) in [5.41, 5.74) is -0.329. The summed E-state index contributed by atoms with van der Waals surface area (Å²) in [6.45, 7) is 3.59. The van der Waals surface area contributed by atoms with Crippen LogP contribution < -0.4 is 0 Å². The molecule has 1 saturated carbocycles. The van der Waals surface area contributed by atoms with Crippen molar-refractivity contribution in [2.45, 2.75) is 57.7 Å². The van der Waals surface area contributed by atoms with Crippen LogP contribution in [0.5, 0.6) is 0 Å². The maximum atomic E-state index is 12.7. The number of aromatic nitrogens is 2. The van der Waals surface area contributed by atoms with Crippen LogP contribution >= 0.6 is 0 Å². The van der Waals surface area contributed by atoms with Crippen molar-refractivity contribution < 1.29 is 18.0 Å². The molecule has 0 bridgehead atoms. The average molecular weight is 274 g/mol. The fourth-order valence-electron chi connectivity index (χ4n) is 2.54. The van der Waals surface area contributed by atoms with Gasteiger partial charge in [-0.1, -0.05) is 0 Å². The maximum absolute atomic E-state index is 12.7. The van der Waals surface area contributed by atoms with Crippen molar-refractivity contribution in [1.82, 2.24) is 9.78 Å². The molecule has 0 amide bonds. The molecule has 1 heterocycles. The van der Waals surface area contributed by atoms with E-state index in [0.29, 0.717) is 18.5 Å². The molecule has 19 heavy (non-hydrogen) atoms. The number of ketones is 1. The van der Waals surface area contributed by atoms with Crippen molar-refractivity contribution in [2.75, 3.05) is 0 Å². The van der Waals surface area contributed by atoms with E-state index in [-0.39, 0.29) is 17.7 Å². The number of rotatable bonds is 2. The van der Waals surface area contributed by atoms with Gasteiger partial charge in [-0.25, -0.2) is 0 Å². The highest BCUT2D eigenvalue weighted by Crippen LogP contribution is 2.36. The molecule has 0 N–H and O–H groups in total. The van der Waals surface area contributed by atoms with Gasteiger partial charge in [0, 0.05) is 30.5 Å². The molecular weight excluding hydrogens is 257 g/mol. The zero-order valence-electron chi connectivity index (χ0n) is 11.0. The Hall–Kier alpha value is -1.33. The summed E-state index contributed by atoms with van der Waals surface area (Å²) in [6.07, 6.45) is -2.07. The third-order valence-electron chi connectivity index (χ3n) is 3.44. The standard InChI is InChI=1S/C13H17F3N2O/c1-8(2)18-11(7-12(17-18)13(14,15)16)9-4-3-5-10(19)6-9/h7-9H,3-6H2,1-2H3/t9-/m1/s1. The highest BCUT2D eigenvalue weighted by atomic mass is 19.4. The van der Waals surface area contributed by atoms with Gasteiger partial charge >= 0.3 is 6.18 Å². The lowest BCUT2D eigenvalue weighted by molar-refractivity contribution is -0.141. The topological polar surface area (TPSA) is 34.9 Å². The van der Waals surface area contributed by atoms with E-state index in [4.69, 9.17) is 0 Å². The van der Waals surface area contributed by atoms with E-state index in [2.05, 4.69) is 5.10 Å². The van der Waals surface area contributed by atoms with Gasteiger partial charge in [-0.05, 0) is 32.8 Å². The zero-order chi connectivity index (χ0) is 14.2. The molecule has 1 aromatic rings. The SMILES string of the molecule is CC(C)n1nc(C(F)(F)F)cc1[C@@H]1CCCC(=O)C1. The van der Waals surface area contributed by atoms with E-state index in [1.165, 1.54) is 4.68 Å². The summed E-state index contributed by atoms with van der Waals surface area (Å²) in [4.78, 5) is 11.5. The Bertz CT molecular complexity index is 477. The molecule has 1 aromatic heterocycles. The molecule has 0 aliphatic heterocycles. The molecule has 1 aliphatic rings. The molecule has 1 atom stereocenters. The van der Waals surface area contributed by atoms with E-state index in [0.717, 1.165) is 18.9 Å². The lowest BCUT2D eigenvalue weighted by Crippen LogP contribution is -2.18. The van der Waals surface area contributed by atoms with Crippen LogP contribution in [-0.2, 0) is 11.0 Å². The van der Waals surface area contributed by atoms with Crippen LogP contribution in [0.1, 0.15) is 62.9 Å². The third kappa shape index (κ3) is 2.98. The summed E-state index contributed by atoms with van der Waals surface area (Å²) in [5.74, 6) is -0.00596. The van der Waals surface area contributed by atoms with Crippen molar-refractivity contribution in [2.24, 2.45) is 0 Å². The van der Waals surface area contributed by atoms with Crippen molar-refractivity contribution in [3.8, 4) is 0 Å². The smallest absolute Gasteiger partial charge is 0.300 e. The number of hydrogen-bond acceptors (Lipinski definition) is 2. The minimum atomic E-state index is -4.44. The van der Waals surface area contributed by atoms with E-state index in [1.807, 2.05) is 0 Å². The van der Waals surface area contributed by atoms with E-state index >= 15 is 0 Å². The number of carbonyl (C=O) groups excluding carboxylic acids is 1. The molecule has 0 aromatic carbocycles. The van der Waals surface area contributed by atoms with Crippen LogP contribution in [0.4, 0.5) is 13.2 Å². The number of halogens is 3. The van der Waals surface area contributed by atoms with Crippen molar-refractivity contribution >= 4 is 5.78 Å². The van der Waals surface area contributed by atoms with Gasteiger partial charge in [0.25, 0.3) is 0 Å². The second-order valence-electron chi connectivity index (χ2n) is 5.32. The fraction of sp³-hybridized carbons (Fsp3) is 0.692. The van der Waals surface area contributed by atoms with Crippen molar-refractivity contribution in [3.63, 3.8) is 0 Å². The first-order valence-corrected chi connectivity index (χ1v) is 6.47. The van der Waals surface area contributed by atoms with Crippen LogP contribution in [0.25, 0.3) is 0 Å². The number of alkyl halides is 3. The van der Waals surface area contributed by atoms with Crippen LogP contribution in [0.2, 0.25) is 0 Å². The zero-order valence-corrected chi connectivity index (χ0v) is 11.0. The van der Waals surface area contributed by atoms with Gasteiger partial charge in [-0.3, -0.25) is 9.48 Å². The number of carbonyl (C=O) groups is 1. The molecule has 1 aliphatic carbocycles. The maximum Gasteiger partial charge on any atom is 0.435 e. The number of Topliss-reactive ketones (excluding diaryl/α,β-unsaturated/α-hetero) is 1. The quantitative estimate of drug-likeness (QED) is 0.824. The second-order valence-corrected chi connectivity index (χ2v) is 5.32. The van der Waals surface area contributed by atoms with Crippen LogP contribution in [0.15, 0.2) is 6.07 Å². The molecule has 0 radical (unpaired) electrons. The molecule has 0 unspecified atom stereocenters. The summed E-state index contributed by atoms with van der Waals surface area (Å²) < 4.78 is 39.6. The molecule has 106 valence electrons. The summed E-state index contributed by atoms with van der Waals surface area (Å²) >= 11 is 0. The third-order valence-corrected chi connectivity index (χ3v) is 3.44. The van der Waals surface area contributed by atoms with Gasteiger partial charge in [0.2, 0.25) is 0 Å². The average Bonchev–Trinajstić information content (AvgIpc) is 2.73. The monoisotopic (exact) mass is 274 g/mol. The molecule has 0 saturated heterocycles. The Kier molecular flexibility index (Phi) is 3.69. The summed E-state index contributed by atoms with van der Waals surface area (Å²) in [6, 6.07) is 0.951. The Balaban J connectivity index is 2.37. The Morgan fingerprint density at radius 2 is 2.11 bits per heavy atom. The Morgan fingerprint density at radius 3 is 2.63 bits per heavy atom. The minimum absolute atomic E-state index is 0.126. The normalized spacial score (nSPS) is 21.2. The van der Waals surface area contributed by atoms with Crippen LogP contribution in [0.3, 0.4) is 0 Å². The van der Waals surface area contributed by atoms with Crippen LogP contribution in [-0.4, -0.2) is 15.6 Å². The summed E-state index contributed by atoms with van der Waals surface area (Å²) in [5, 5.41) is 3.66. The van der Waals surface area contributed by atoms with Gasteiger partial charge in [0.15, 0.2) is 5.69 Å². The van der Waals surface area contributed by atoms with E-state index in [9.17, 15) is 18.0 Å². The second kappa shape index (κ2) is 4.98. The molecular formula is C13H17F3N2O. The van der Waals surface area contributed by atoms with E-state index < -0.39 is 11.9 Å². The molecule has 2 rings (SSSR count). The first kappa shape index (κ1) is 14.1. The van der Waals surface area contributed by atoms with Crippen molar-refractivity contribution in [3.05, 3.63) is 17.5 Å². The molecule has 6 heteroatoms. The summed E-state index contributed by atoms with van der Waals surface area (Å²) in [7, 11) is 0. The molecule has 0 spiro atoms. The van der Waals surface area contributed by atoms with Crippen LogP contribution in [0, 0.1) is 0 Å². The lowest BCUT2D eigenvalue weighted by Gasteiger charge is -2.23. The minimum Gasteiger partial charge on any atom is -0.300 e. The first-order chi connectivity index (χ1) is 8.79. The predicted octanol–water partition coefficient (Wildman–Crippen LogP) is 3.71. The predicted molar refractivity (Wildman–Crippen MR) is 63.8 cm³/mol. The fourth-order valence-corrected chi connectivity index (χ4v) is 2.54. The Morgan fingerprint density at radius 1 is 1.42 bits per heavy atom. The number of nitrogens with zero attached hydrogens (tertiary/aromatic N) is 2. The lowest BCUT2D eigenvalue weighted by atomic mass is 9.86. The number of hydrogen-bond donors (Lipinski definition) is 0. The Labute approximate surface area is 109 Å². The molecule has 1 fully saturated rings. The highest BCUT2D eigenvalue weighted by molar-refractivity contribution is 5.80. The van der Waals surface area contributed by atoms with Gasteiger partial charge in [-0.15, -0.1) is 0 Å². The molecule has 3 nitrogen and oxygen atoms in total. The van der Waals surface area contributed by atoms with Gasteiger partial charge in [0.1, 0.15) is 5.78 Å². The van der Waals surface area contributed by atoms with Gasteiger partial charge in [-0.2, -0.15) is 18.3 Å². The van der Waals surface area contributed by atoms with Gasteiger partial charge < -0.3 is 0 Å². The highest BCUT2D eigenvalue weighted by Gasteiger charge is 2.36.